The third-order valence-electron chi connectivity index (χ3n) is 4.23. The molecule has 1 atom stereocenters. The second kappa shape index (κ2) is 6.83. The Bertz CT molecular complexity index is 785. The Morgan fingerprint density at radius 1 is 1.42 bits per heavy atom. The number of carbonyl (C=O) groups excluding carboxylic acids is 1. The first-order chi connectivity index (χ1) is 11.3. The van der Waals surface area contributed by atoms with E-state index in [4.69, 9.17) is 5.26 Å². The van der Waals surface area contributed by atoms with Crippen LogP contribution < -0.4 is 5.32 Å². The predicted octanol–water partition coefficient (Wildman–Crippen LogP) is 2.99. The van der Waals surface area contributed by atoms with E-state index in [2.05, 4.69) is 21.6 Å². The van der Waals surface area contributed by atoms with Gasteiger partial charge in [-0.1, -0.05) is 19.1 Å². The van der Waals surface area contributed by atoms with Crippen molar-refractivity contribution in [1.82, 2.24) is 20.1 Å². The van der Waals surface area contributed by atoms with Gasteiger partial charge in [0, 0.05) is 11.1 Å². The van der Waals surface area contributed by atoms with E-state index in [1.807, 2.05) is 40.7 Å². The minimum absolute atomic E-state index is 0.0811. The molecule has 0 bridgehead atoms. The third-order valence-corrected chi connectivity index (χ3v) is 4.23. The molecule has 0 saturated carbocycles. The van der Waals surface area contributed by atoms with Crippen LogP contribution >= 0.6 is 0 Å². The Morgan fingerprint density at radius 2 is 2.12 bits per heavy atom. The highest BCUT2D eigenvalue weighted by molar-refractivity contribution is 5.81. The van der Waals surface area contributed by atoms with Crippen molar-refractivity contribution in [3.05, 3.63) is 35.7 Å². The molecule has 1 aromatic heterocycles. The minimum Gasteiger partial charge on any atom is -0.349 e. The van der Waals surface area contributed by atoms with Gasteiger partial charge >= 0.3 is 0 Å². The smallest absolute Gasteiger partial charge is 0.243 e. The van der Waals surface area contributed by atoms with E-state index in [9.17, 15) is 4.79 Å². The lowest BCUT2D eigenvalue weighted by atomic mass is 10.0. The van der Waals surface area contributed by atoms with Crippen molar-refractivity contribution in [2.75, 3.05) is 0 Å². The lowest BCUT2D eigenvalue weighted by Gasteiger charge is -2.27. The fourth-order valence-electron chi connectivity index (χ4n) is 2.40. The maximum absolute atomic E-state index is 12.6. The summed E-state index contributed by atoms with van der Waals surface area (Å²) in [6.45, 7) is 9.67. The van der Waals surface area contributed by atoms with Crippen LogP contribution in [0, 0.1) is 18.3 Å². The van der Waals surface area contributed by atoms with Crippen LogP contribution in [0.15, 0.2) is 24.3 Å². The summed E-state index contributed by atoms with van der Waals surface area (Å²) in [6.07, 6.45) is 0.837. The van der Waals surface area contributed by atoms with Crippen LogP contribution in [0.25, 0.3) is 11.4 Å². The minimum atomic E-state index is -0.452. The molecular weight excluding hydrogens is 302 g/mol. The van der Waals surface area contributed by atoms with Gasteiger partial charge in [0.1, 0.15) is 11.9 Å². The molecule has 0 spiro atoms. The maximum atomic E-state index is 12.6. The number of nitriles is 1. The van der Waals surface area contributed by atoms with Crippen LogP contribution in [-0.2, 0) is 4.79 Å². The first-order valence-corrected chi connectivity index (χ1v) is 8.03. The molecule has 0 unspecified atom stereocenters. The van der Waals surface area contributed by atoms with E-state index in [1.54, 1.807) is 22.8 Å². The Morgan fingerprint density at radius 3 is 2.75 bits per heavy atom. The molecule has 2 aromatic rings. The number of aromatic nitrogens is 3. The summed E-state index contributed by atoms with van der Waals surface area (Å²) in [6, 6.07) is 8.81. The van der Waals surface area contributed by atoms with Crippen LogP contribution in [0.3, 0.4) is 0 Å². The van der Waals surface area contributed by atoms with Gasteiger partial charge in [0.25, 0.3) is 0 Å². The van der Waals surface area contributed by atoms with Crippen LogP contribution in [-0.4, -0.2) is 26.2 Å². The highest BCUT2D eigenvalue weighted by Crippen LogP contribution is 2.24. The van der Waals surface area contributed by atoms with Crippen molar-refractivity contribution >= 4 is 5.91 Å². The van der Waals surface area contributed by atoms with Crippen LogP contribution in [0.1, 0.15) is 51.5 Å². The Balaban J connectivity index is 2.39. The van der Waals surface area contributed by atoms with E-state index in [1.165, 1.54) is 0 Å². The average Bonchev–Trinajstić information content (AvgIpc) is 2.95. The summed E-state index contributed by atoms with van der Waals surface area (Å²) < 4.78 is 1.80. The normalized spacial score (nSPS) is 12.5. The molecule has 1 aromatic carbocycles. The highest BCUT2D eigenvalue weighted by Gasteiger charge is 2.26. The van der Waals surface area contributed by atoms with Gasteiger partial charge < -0.3 is 5.32 Å². The van der Waals surface area contributed by atoms with Crippen molar-refractivity contribution in [1.29, 1.82) is 5.26 Å². The molecule has 0 aliphatic heterocycles. The number of hydrogen-bond donors (Lipinski definition) is 1. The van der Waals surface area contributed by atoms with Crippen molar-refractivity contribution in [2.24, 2.45) is 0 Å². The number of nitrogens with zero attached hydrogens (tertiary/aromatic N) is 4. The largest absolute Gasteiger partial charge is 0.349 e. The molecule has 0 radical (unpaired) electrons. The summed E-state index contributed by atoms with van der Waals surface area (Å²) in [7, 11) is 0. The lowest BCUT2D eigenvalue weighted by Crippen LogP contribution is -2.45. The number of carbonyl (C=O) groups is 1. The van der Waals surface area contributed by atoms with Gasteiger partial charge in [-0.2, -0.15) is 5.26 Å². The third kappa shape index (κ3) is 3.62. The van der Waals surface area contributed by atoms with Crippen LogP contribution in [0.4, 0.5) is 0 Å². The summed E-state index contributed by atoms with van der Waals surface area (Å²) in [4.78, 5) is 12.6. The second-order valence-electron chi connectivity index (χ2n) is 6.54. The molecule has 0 aliphatic rings. The SMILES string of the molecule is CCC(C)(C)NC(=O)[C@@H](C)n1c(C)nnc1-c1cccc(C#N)c1. The Hall–Kier alpha value is -2.68. The molecule has 1 amide bonds. The zero-order chi connectivity index (χ0) is 17.9. The molecule has 1 heterocycles. The molecule has 6 nitrogen and oxygen atoms in total. The molecular formula is C18H23N5O. The molecule has 126 valence electrons. The van der Waals surface area contributed by atoms with E-state index in [-0.39, 0.29) is 11.4 Å². The Kier molecular flexibility index (Phi) is 5.03. The number of benzene rings is 1. The summed E-state index contributed by atoms with van der Waals surface area (Å²) >= 11 is 0. The van der Waals surface area contributed by atoms with E-state index in [0.717, 1.165) is 12.0 Å². The number of aryl methyl sites for hydroxylation is 1. The lowest BCUT2D eigenvalue weighted by molar-refractivity contribution is -0.125. The predicted molar refractivity (Wildman–Crippen MR) is 92.1 cm³/mol. The van der Waals surface area contributed by atoms with Crippen molar-refractivity contribution in [3.8, 4) is 17.5 Å². The molecule has 2 rings (SSSR count). The second-order valence-corrected chi connectivity index (χ2v) is 6.54. The maximum Gasteiger partial charge on any atom is 0.243 e. The zero-order valence-corrected chi connectivity index (χ0v) is 14.8. The average molecular weight is 325 g/mol. The number of rotatable bonds is 5. The fourth-order valence-corrected chi connectivity index (χ4v) is 2.40. The Labute approximate surface area is 142 Å². The topological polar surface area (TPSA) is 83.6 Å². The molecule has 1 N–H and O–H groups in total. The highest BCUT2D eigenvalue weighted by atomic mass is 16.2. The van der Waals surface area contributed by atoms with Gasteiger partial charge in [0.15, 0.2) is 5.82 Å². The van der Waals surface area contributed by atoms with Gasteiger partial charge in [-0.3, -0.25) is 9.36 Å². The molecule has 0 saturated heterocycles. The van der Waals surface area contributed by atoms with E-state index in [0.29, 0.717) is 17.2 Å². The van der Waals surface area contributed by atoms with Gasteiger partial charge in [-0.05, 0) is 46.2 Å². The van der Waals surface area contributed by atoms with Gasteiger partial charge in [-0.15, -0.1) is 10.2 Å². The van der Waals surface area contributed by atoms with Crippen LogP contribution in [0.5, 0.6) is 0 Å². The van der Waals surface area contributed by atoms with Crippen molar-refractivity contribution in [2.45, 2.75) is 52.6 Å². The van der Waals surface area contributed by atoms with Gasteiger partial charge in [0.05, 0.1) is 11.6 Å². The van der Waals surface area contributed by atoms with Crippen molar-refractivity contribution in [3.63, 3.8) is 0 Å². The first kappa shape index (κ1) is 17.7. The molecule has 0 fully saturated rings. The quantitative estimate of drug-likeness (QED) is 0.916. The summed E-state index contributed by atoms with van der Waals surface area (Å²) in [5.74, 6) is 1.16. The summed E-state index contributed by atoms with van der Waals surface area (Å²) in [5.41, 5.74) is 1.04. The van der Waals surface area contributed by atoms with Crippen LogP contribution in [0.2, 0.25) is 0 Å². The van der Waals surface area contributed by atoms with E-state index < -0.39 is 6.04 Å². The zero-order valence-electron chi connectivity index (χ0n) is 14.8. The first-order valence-electron chi connectivity index (χ1n) is 8.03. The molecule has 6 heteroatoms. The standard InChI is InChI=1S/C18H23N5O/c1-6-18(4,5)20-17(24)12(2)23-13(3)21-22-16(23)15-9-7-8-14(10-15)11-19/h7-10,12H,6H2,1-5H3,(H,20,24)/t12-/m1/s1. The van der Waals surface area contributed by atoms with Gasteiger partial charge in [0.2, 0.25) is 5.91 Å². The molecule has 0 aliphatic carbocycles. The monoisotopic (exact) mass is 325 g/mol. The number of hydrogen-bond acceptors (Lipinski definition) is 4. The number of nitrogens with one attached hydrogen (secondary N) is 1. The molecule has 24 heavy (non-hydrogen) atoms. The fraction of sp³-hybridized carbons (Fsp3) is 0.444. The van der Waals surface area contributed by atoms with Gasteiger partial charge in [-0.25, -0.2) is 0 Å². The van der Waals surface area contributed by atoms with E-state index >= 15 is 0 Å². The summed E-state index contributed by atoms with van der Waals surface area (Å²) in [5, 5.41) is 20.5. The number of amides is 1. The van der Waals surface area contributed by atoms with Crippen molar-refractivity contribution < 1.29 is 4.79 Å².